The van der Waals surface area contributed by atoms with Gasteiger partial charge in [0.15, 0.2) is 0 Å². The Hall–Kier alpha value is -1.47. The Labute approximate surface area is 51.3 Å². The van der Waals surface area contributed by atoms with Gasteiger partial charge >= 0.3 is 0 Å². The summed E-state index contributed by atoms with van der Waals surface area (Å²) in [5.74, 6) is 4.24. The van der Waals surface area contributed by atoms with Gasteiger partial charge in [0.25, 0.3) is 0 Å². The molecule has 9 heavy (non-hydrogen) atoms. The van der Waals surface area contributed by atoms with Gasteiger partial charge in [0, 0.05) is 0 Å². The molecule has 0 saturated heterocycles. The van der Waals surface area contributed by atoms with Crippen LogP contribution < -0.4 is 5.84 Å². The average Bonchev–Trinajstić information content (AvgIpc) is 1.94. The second kappa shape index (κ2) is 85.3. The van der Waals surface area contributed by atoms with Gasteiger partial charge in [0.2, 0.25) is 0 Å². The molecule has 0 aliphatic rings. The van der Waals surface area contributed by atoms with Crippen molar-refractivity contribution in [2.45, 2.75) is 0 Å². The van der Waals surface area contributed by atoms with Crippen molar-refractivity contribution in [2.24, 2.45) is 11.1 Å². The molecule has 52 valence electrons. The van der Waals surface area contributed by atoms with Gasteiger partial charge in [-0.1, -0.05) is 6.42 Å². The van der Waals surface area contributed by atoms with Crippen molar-refractivity contribution in [1.29, 1.82) is 0 Å². The molecule has 0 rings (SSSR count). The lowest BCUT2D eigenvalue weighted by Gasteiger charge is -1.44. The Kier molecular flexibility index (Phi) is 148. The molecule has 0 fully saturated rings. The summed E-state index contributed by atoms with van der Waals surface area (Å²) in [6.45, 7) is 0. The summed E-state index contributed by atoms with van der Waals surface area (Å²) < 4.78 is 19.3. The van der Waals surface area contributed by atoms with Crippen LogP contribution in [0.5, 0.6) is 0 Å². The van der Waals surface area contributed by atoms with Crippen LogP contribution in [-0.4, -0.2) is 7.18 Å². The normalized spacial score (nSPS) is 3.33. The molecule has 4 nitrogen and oxygen atoms in total. The quantitative estimate of drug-likeness (QED) is 0.134. The molecule has 0 heterocycles. The van der Waals surface area contributed by atoms with E-state index in [1.165, 1.54) is 0 Å². The number of hydrogen-bond acceptors (Lipinski definition) is 1. The summed E-state index contributed by atoms with van der Waals surface area (Å²) in [7, 11) is 0.500. The van der Waals surface area contributed by atoms with Crippen LogP contribution in [0.25, 0.3) is 10.4 Å². The van der Waals surface area contributed by atoms with Crippen LogP contribution in [0.15, 0.2) is 5.22 Å². The maximum atomic E-state index is 9.82. The van der Waals surface area contributed by atoms with Crippen LogP contribution in [-0.2, 0) is 0 Å². The van der Waals surface area contributed by atoms with Crippen molar-refractivity contribution in [3.8, 4) is 12.6 Å². The molecule has 0 radical (unpaired) electrons. The largest absolute Gasteiger partial charge is 0.274 e. The molecular weight excluding hydrogens is 130 g/mol. The molecule has 0 aromatic heterocycles. The van der Waals surface area contributed by atoms with E-state index in [1.54, 1.807) is 0 Å². The fraction of sp³-hybridized carbons (Fsp3) is 0.333. The zero-order chi connectivity index (χ0) is 8.12. The number of rotatable bonds is 0. The first-order valence-electron chi connectivity index (χ1n) is 1.51. The van der Waals surface area contributed by atoms with Gasteiger partial charge in [0.05, 0.1) is 7.18 Å². The Morgan fingerprint density at radius 2 is 1.89 bits per heavy atom. The lowest BCUT2D eigenvalue weighted by Crippen LogP contribution is -1.66. The summed E-state index contributed by atoms with van der Waals surface area (Å²) >= 11 is 0. The predicted octanol–water partition coefficient (Wildman–Crippen LogP) is 1.30. The number of nitrogens with zero attached hydrogens (tertiary/aromatic N) is 3. The number of alkyl halides is 1. The van der Waals surface area contributed by atoms with Crippen LogP contribution in [0.2, 0.25) is 0 Å². The van der Waals surface area contributed by atoms with Gasteiger partial charge in [-0.2, -0.15) is 4.91 Å². The van der Waals surface area contributed by atoms with Crippen LogP contribution >= 0.6 is 0 Å². The molecule has 0 aliphatic heterocycles. The van der Waals surface area contributed by atoms with E-state index in [4.69, 9.17) is 5.53 Å². The molecule has 2 N–H and O–H groups in total. The summed E-state index contributed by atoms with van der Waals surface area (Å²) in [4.78, 5) is 2.14. The Morgan fingerprint density at radius 3 is 1.89 bits per heavy atom. The van der Waals surface area contributed by atoms with Gasteiger partial charge in [-0.3, -0.25) is 10.2 Å². The average molecular weight is 136 g/mol. The second-order valence-electron chi connectivity index (χ2n) is 0.314. The highest BCUT2D eigenvalue weighted by Gasteiger charge is 1.18. The molecule has 6 heteroatoms. The van der Waals surface area contributed by atoms with Crippen molar-refractivity contribution in [2.75, 3.05) is 7.18 Å². The SMILES string of the molecule is C#CF.CF.[N-]=[N+]=NN. The highest BCUT2D eigenvalue weighted by atomic mass is 19.1. The molecule has 0 unspecified atom stereocenters. The zero-order valence-electron chi connectivity index (χ0n) is 4.75. The third-order valence-corrected chi connectivity index (χ3v) is 0.0516. The highest BCUT2D eigenvalue weighted by molar-refractivity contribution is 4.63. The minimum Gasteiger partial charge on any atom is -0.274 e. The molecule has 0 aromatic carbocycles. The number of halogens is 2. The maximum absolute atomic E-state index is 9.82. The van der Waals surface area contributed by atoms with E-state index >= 15 is 0 Å². The van der Waals surface area contributed by atoms with Gasteiger partial charge in [-0.15, -0.1) is 9.92 Å². The highest BCUT2D eigenvalue weighted by Crippen LogP contribution is 1.38. The lowest BCUT2D eigenvalue weighted by atomic mass is 11.4. The summed E-state index contributed by atoms with van der Waals surface area (Å²) in [5.41, 5.74) is 7.21. The molecule has 0 amide bonds. The van der Waals surface area contributed by atoms with E-state index in [-0.39, 0.29) is 0 Å². The van der Waals surface area contributed by atoms with Crippen LogP contribution in [0.1, 0.15) is 0 Å². The summed E-state index contributed by atoms with van der Waals surface area (Å²) in [6, 6.07) is 0. The number of hydrogen-bond donors (Lipinski definition) is 1. The molecule has 0 bridgehead atoms. The monoisotopic (exact) mass is 136 g/mol. The first kappa shape index (κ1) is 15.6. The lowest BCUT2D eigenvalue weighted by molar-refractivity contribution is 0.636. The smallest absolute Gasteiger partial charge is 0.102 e. The third-order valence-electron chi connectivity index (χ3n) is 0.0516. The van der Waals surface area contributed by atoms with E-state index in [1.807, 2.05) is 0 Å². The molecule has 0 saturated carbocycles. The van der Waals surface area contributed by atoms with E-state index in [9.17, 15) is 8.78 Å². The zero-order valence-corrected chi connectivity index (χ0v) is 4.75. The predicted molar refractivity (Wildman–Crippen MR) is 30.3 cm³/mol. The fourth-order valence-corrected chi connectivity index (χ4v) is 0. The topological polar surface area (TPSA) is 74.8 Å². The third kappa shape index (κ3) is 607. The van der Waals surface area contributed by atoms with Gasteiger partial charge in [0.1, 0.15) is 6.17 Å². The van der Waals surface area contributed by atoms with Crippen molar-refractivity contribution in [3.05, 3.63) is 10.4 Å². The minimum absolute atomic E-state index is 0.500. The Morgan fingerprint density at radius 1 is 1.78 bits per heavy atom. The number of terminal acetylenes is 1. The summed E-state index contributed by atoms with van der Waals surface area (Å²) in [5, 5.41) is 2.42. The van der Waals surface area contributed by atoms with Crippen molar-refractivity contribution in [1.82, 2.24) is 0 Å². The Bertz CT molecular complexity index is 101. The van der Waals surface area contributed by atoms with E-state index in [0.717, 1.165) is 6.17 Å². The maximum Gasteiger partial charge on any atom is 0.102 e. The van der Waals surface area contributed by atoms with Crippen LogP contribution in [0, 0.1) is 12.6 Å². The molecule has 0 aliphatic carbocycles. The van der Waals surface area contributed by atoms with Crippen LogP contribution in [0.4, 0.5) is 8.78 Å². The van der Waals surface area contributed by atoms with Crippen molar-refractivity contribution in [3.63, 3.8) is 0 Å². The van der Waals surface area contributed by atoms with Gasteiger partial charge < -0.3 is 0 Å². The van der Waals surface area contributed by atoms with E-state index in [2.05, 4.69) is 22.4 Å². The second-order valence-corrected chi connectivity index (χ2v) is 0.314. The van der Waals surface area contributed by atoms with Crippen molar-refractivity contribution >= 4 is 0 Å². The molecular formula is C3H6F2N4. The first-order valence-corrected chi connectivity index (χ1v) is 1.51. The van der Waals surface area contributed by atoms with E-state index < -0.39 is 0 Å². The number of azide groups is 1. The summed E-state index contributed by atoms with van der Waals surface area (Å²) in [6.07, 6.45) is 4.68. The van der Waals surface area contributed by atoms with Crippen molar-refractivity contribution < 1.29 is 8.78 Å². The first-order chi connectivity index (χ1) is 4.33. The minimum atomic E-state index is 0.500. The molecule has 0 atom stereocenters. The van der Waals surface area contributed by atoms with E-state index in [0.29, 0.717) is 7.18 Å². The van der Waals surface area contributed by atoms with Gasteiger partial charge in [-0.25, -0.2) is 0 Å². The molecule has 0 aromatic rings. The fourth-order valence-electron chi connectivity index (χ4n) is 0. The number of nitrogens with two attached hydrogens (primary N) is 1. The van der Waals surface area contributed by atoms with Gasteiger partial charge in [-0.05, 0) is 5.22 Å². The van der Waals surface area contributed by atoms with Crippen LogP contribution in [0.3, 0.4) is 0 Å². The Balaban J connectivity index is -0.0000000646. The molecule has 0 spiro atoms. The standard InChI is InChI=1S/C2HF.CH3F.H2N4/c1-2-3;1-2;1-3-4-2/h1H;1H3;1H2.